The number of ketones is 1. The van der Waals surface area contributed by atoms with Crippen molar-refractivity contribution in [3.63, 3.8) is 0 Å². The van der Waals surface area contributed by atoms with Gasteiger partial charge in [0.15, 0.2) is 0 Å². The molecule has 34 heavy (non-hydrogen) atoms. The lowest BCUT2D eigenvalue weighted by molar-refractivity contribution is -0.139. The number of aliphatic hydroxyl groups excluding tert-OH is 1. The summed E-state index contributed by atoms with van der Waals surface area (Å²) in [6.07, 6.45) is 7.46. The van der Waals surface area contributed by atoms with E-state index in [0.717, 1.165) is 0 Å². The minimum Gasteiger partial charge on any atom is -0.507 e. The standard InChI is InChI=1S/C26H24ClN3O4/c1-2-15-34-21-9-7-18(8-10-21)24(31)22-23(19-5-3-6-20(27)16-19)30(26(33)25(22)32)13-4-12-29-14-11-28-17-29/h2-3,5-11,14,16-17,23,31H,1,4,12-13,15H2/b24-22-. The van der Waals surface area contributed by atoms with E-state index in [1.165, 1.54) is 4.90 Å². The number of hydrogen-bond acceptors (Lipinski definition) is 5. The van der Waals surface area contributed by atoms with Crippen molar-refractivity contribution >= 4 is 29.1 Å². The van der Waals surface area contributed by atoms with Gasteiger partial charge in [-0.1, -0.05) is 36.4 Å². The number of Topliss-reactive ketones (excluding diaryl/α,β-unsaturated/α-hetero) is 1. The van der Waals surface area contributed by atoms with Gasteiger partial charge in [-0.25, -0.2) is 4.98 Å². The summed E-state index contributed by atoms with van der Waals surface area (Å²) in [7, 11) is 0. The Labute approximate surface area is 202 Å². The van der Waals surface area contributed by atoms with E-state index < -0.39 is 17.7 Å². The maximum Gasteiger partial charge on any atom is 0.295 e. The highest BCUT2D eigenvalue weighted by Crippen LogP contribution is 2.40. The Kier molecular flexibility index (Phi) is 7.13. The molecular formula is C26H24ClN3O4. The number of rotatable bonds is 9. The van der Waals surface area contributed by atoms with E-state index in [9.17, 15) is 14.7 Å². The Balaban J connectivity index is 1.69. The summed E-state index contributed by atoms with van der Waals surface area (Å²) in [5, 5.41) is 11.6. The van der Waals surface area contributed by atoms with Crippen molar-refractivity contribution in [2.24, 2.45) is 0 Å². The van der Waals surface area contributed by atoms with Crippen molar-refractivity contribution in [2.45, 2.75) is 19.0 Å². The van der Waals surface area contributed by atoms with E-state index in [4.69, 9.17) is 16.3 Å². The van der Waals surface area contributed by atoms with Crippen molar-refractivity contribution in [1.29, 1.82) is 0 Å². The highest BCUT2D eigenvalue weighted by Gasteiger charge is 2.45. The van der Waals surface area contributed by atoms with Crippen LogP contribution >= 0.6 is 11.6 Å². The van der Waals surface area contributed by atoms with E-state index in [2.05, 4.69) is 11.6 Å². The first kappa shape index (κ1) is 23.3. The number of aromatic nitrogens is 2. The fourth-order valence-electron chi connectivity index (χ4n) is 4.00. The van der Waals surface area contributed by atoms with E-state index in [1.807, 2.05) is 10.8 Å². The van der Waals surface area contributed by atoms with Crippen LogP contribution in [0.15, 0.2) is 85.5 Å². The summed E-state index contributed by atoms with van der Waals surface area (Å²) in [6.45, 7) is 4.93. The fraction of sp³-hybridized carbons (Fsp3) is 0.192. The van der Waals surface area contributed by atoms with Gasteiger partial charge in [0.05, 0.1) is 17.9 Å². The van der Waals surface area contributed by atoms with Gasteiger partial charge in [0.2, 0.25) is 0 Å². The molecule has 3 aromatic rings. The van der Waals surface area contributed by atoms with Gasteiger partial charge in [0, 0.05) is 36.1 Å². The molecule has 0 saturated carbocycles. The second-order valence-electron chi connectivity index (χ2n) is 7.83. The normalized spacial score (nSPS) is 17.2. The number of aliphatic hydroxyl groups is 1. The van der Waals surface area contributed by atoms with Crippen LogP contribution in [0.1, 0.15) is 23.6 Å². The first-order valence-corrected chi connectivity index (χ1v) is 11.2. The van der Waals surface area contributed by atoms with Crippen LogP contribution in [-0.4, -0.2) is 44.4 Å². The molecule has 1 amide bonds. The maximum absolute atomic E-state index is 13.1. The lowest BCUT2D eigenvalue weighted by Crippen LogP contribution is -2.31. The number of ether oxygens (including phenoxy) is 1. The number of likely N-dealkylation sites (tertiary alicyclic amines) is 1. The molecule has 8 heteroatoms. The SMILES string of the molecule is C=CCOc1ccc(/C(O)=C2/C(=O)C(=O)N(CCCn3ccnc3)C2c2cccc(Cl)c2)cc1. The first-order valence-electron chi connectivity index (χ1n) is 10.8. The molecule has 1 aromatic heterocycles. The number of imidazole rings is 1. The third-order valence-electron chi connectivity index (χ3n) is 5.57. The summed E-state index contributed by atoms with van der Waals surface area (Å²) < 4.78 is 7.39. The maximum atomic E-state index is 13.1. The minimum absolute atomic E-state index is 0.0367. The number of hydrogen-bond donors (Lipinski definition) is 1. The van der Waals surface area contributed by atoms with Crippen molar-refractivity contribution in [3.8, 4) is 5.75 Å². The second kappa shape index (κ2) is 10.4. The monoisotopic (exact) mass is 477 g/mol. The molecular weight excluding hydrogens is 454 g/mol. The zero-order chi connectivity index (χ0) is 24.1. The second-order valence-corrected chi connectivity index (χ2v) is 8.26. The lowest BCUT2D eigenvalue weighted by atomic mass is 9.95. The molecule has 0 bridgehead atoms. The van der Waals surface area contributed by atoms with E-state index in [0.29, 0.717) is 48.0 Å². The van der Waals surface area contributed by atoms with Crippen LogP contribution < -0.4 is 4.74 Å². The van der Waals surface area contributed by atoms with Crippen molar-refractivity contribution in [1.82, 2.24) is 14.5 Å². The molecule has 1 aliphatic heterocycles. The highest BCUT2D eigenvalue weighted by molar-refractivity contribution is 6.46. The van der Waals surface area contributed by atoms with Crippen molar-refractivity contribution < 1.29 is 19.4 Å². The van der Waals surface area contributed by atoms with Crippen molar-refractivity contribution in [2.75, 3.05) is 13.2 Å². The van der Waals surface area contributed by atoms with Gasteiger partial charge in [-0.2, -0.15) is 0 Å². The average molecular weight is 478 g/mol. The summed E-state index contributed by atoms with van der Waals surface area (Å²) in [5.74, 6) is -1.02. The Hall–Kier alpha value is -3.84. The molecule has 2 heterocycles. The molecule has 0 aliphatic carbocycles. The Morgan fingerprint density at radius 3 is 2.65 bits per heavy atom. The van der Waals surface area contributed by atoms with Crippen LogP contribution in [0.25, 0.3) is 5.76 Å². The third kappa shape index (κ3) is 4.89. The molecule has 0 radical (unpaired) electrons. The summed E-state index contributed by atoms with van der Waals surface area (Å²) in [5.41, 5.74) is 1.10. The summed E-state index contributed by atoms with van der Waals surface area (Å²) in [6, 6.07) is 12.9. The van der Waals surface area contributed by atoms with Gasteiger partial charge >= 0.3 is 0 Å². The number of benzene rings is 2. The molecule has 174 valence electrons. The van der Waals surface area contributed by atoms with Gasteiger partial charge < -0.3 is 19.3 Å². The first-order chi connectivity index (χ1) is 16.5. The predicted octanol–water partition coefficient (Wildman–Crippen LogP) is 4.61. The average Bonchev–Trinajstić information content (AvgIpc) is 3.45. The molecule has 7 nitrogen and oxygen atoms in total. The molecule has 1 aliphatic rings. The summed E-state index contributed by atoms with van der Waals surface area (Å²) >= 11 is 6.22. The molecule has 1 atom stereocenters. The number of nitrogens with zero attached hydrogens (tertiary/aromatic N) is 3. The zero-order valence-corrected chi connectivity index (χ0v) is 19.2. The van der Waals surface area contributed by atoms with Gasteiger partial charge in [0.1, 0.15) is 18.1 Å². The zero-order valence-electron chi connectivity index (χ0n) is 18.4. The Morgan fingerprint density at radius 2 is 1.97 bits per heavy atom. The molecule has 1 unspecified atom stereocenters. The molecule has 0 spiro atoms. The summed E-state index contributed by atoms with van der Waals surface area (Å²) in [4.78, 5) is 31.7. The molecule has 1 fully saturated rings. The smallest absolute Gasteiger partial charge is 0.295 e. The van der Waals surface area contributed by atoms with Crippen LogP contribution in [-0.2, 0) is 16.1 Å². The predicted molar refractivity (Wildman–Crippen MR) is 129 cm³/mol. The number of halogens is 1. The number of aryl methyl sites for hydroxylation is 1. The molecule has 1 N–H and O–H groups in total. The fourth-order valence-corrected chi connectivity index (χ4v) is 4.19. The largest absolute Gasteiger partial charge is 0.507 e. The van der Waals surface area contributed by atoms with E-state index in [1.54, 1.807) is 67.1 Å². The lowest BCUT2D eigenvalue weighted by Gasteiger charge is -2.25. The third-order valence-corrected chi connectivity index (χ3v) is 5.81. The van der Waals surface area contributed by atoms with Gasteiger partial charge in [-0.05, 0) is 48.4 Å². The minimum atomic E-state index is -0.752. The van der Waals surface area contributed by atoms with Gasteiger partial charge in [-0.15, -0.1) is 0 Å². The van der Waals surface area contributed by atoms with Crippen LogP contribution in [0.2, 0.25) is 5.02 Å². The van der Waals surface area contributed by atoms with Crippen molar-refractivity contribution in [3.05, 3.63) is 102 Å². The van der Waals surface area contributed by atoms with E-state index >= 15 is 0 Å². The molecule has 2 aromatic carbocycles. The van der Waals surface area contributed by atoms with Gasteiger partial charge in [-0.3, -0.25) is 9.59 Å². The number of amides is 1. The van der Waals surface area contributed by atoms with E-state index in [-0.39, 0.29) is 11.3 Å². The quantitative estimate of drug-likeness (QED) is 0.210. The Morgan fingerprint density at radius 1 is 1.18 bits per heavy atom. The Bertz CT molecular complexity index is 1220. The highest BCUT2D eigenvalue weighted by atomic mass is 35.5. The van der Waals surface area contributed by atoms with Crippen LogP contribution in [0, 0.1) is 0 Å². The van der Waals surface area contributed by atoms with Crippen LogP contribution in [0.3, 0.4) is 0 Å². The number of carbonyl (C=O) groups is 2. The topological polar surface area (TPSA) is 84.7 Å². The van der Waals surface area contributed by atoms with Crippen LogP contribution in [0.5, 0.6) is 5.75 Å². The van der Waals surface area contributed by atoms with Crippen LogP contribution in [0.4, 0.5) is 0 Å². The van der Waals surface area contributed by atoms with Gasteiger partial charge in [0.25, 0.3) is 11.7 Å². The molecule has 4 rings (SSSR count). The molecule has 1 saturated heterocycles. The number of carbonyl (C=O) groups excluding carboxylic acids is 2.